The summed E-state index contributed by atoms with van der Waals surface area (Å²) in [5, 5.41) is 10.6. The van der Waals surface area contributed by atoms with E-state index in [-0.39, 0.29) is 23.5 Å². The predicted molar refractivity (Wildman–Crippen MR) is 81.2 cm³/mol. The van der Waals surface area contributed by atoms with Gasteiger partial charge in [0.05, 0.1) is 15.9 Å². The van der Waals surface area contributed by atoms with Crippen LogP contribution in [0.5, 0.6) is 0 Å². The first-order chi connectivity index (χ1) is 11.3. The van der Waals surface area contributed by atoms with Gasteiger partial charge in [-0.3, -0.25) is 14.9 Å². The molecule has 11 heteroatoms. The lowest BCUT2D eigenvalue weighted by Gasteiger charge is -2.41. The van der Waals surface area contributed by atoms with Crippen LogP contribution < -0.4 is 0 Å². The molecule has 0 spiro atoms. The van der Waals surface area contributed by atoms with Crippen molar-refractivity contribution in [2.45, 2.75) is 37.6 Å². The summed E-state index contributed by atoms with van der Waals surface area (Å²) in [5.41, 5.74) is -1.00. The van der Waals surface area contributed by atoms with Crippen molar-refractivity contribution in [2.24, 2.45) is 5.41 Å². The Morgan fingerprint density at radius 2 is 1.84 bits per heavy atom. The Morgan fingerprint density at radius 1 is 1.28 bits per heavy atom. The van der Waals surface area contributed by atoms with Gasteiger partial charge in [-0.25, -0.2) is 8.42 Å². The van der Waals surface area contributed by atoms with Crippen LogP contribution in [-0.4, -0.2) is 43.2 Å². The SMILES string of the molecule is CC1(C)CC(OC(F)(F)F)CN(S(=O)(=O)c2ccc([N+](=O)[O-])cc2)C1. The average molecular weight is 382 g/mol. The van der Waals surface area contributed by atoms with Gasteiger partial charge in [0.15, 0.2) is 0 Å². The zero-order chi connectivity index (χ0) is 19.0. The van der Waals surface area contributed by atoms with Crippen LogP contribution in [0.2, 0.25) is 0 Å². The Hall–Kier alpha value is -1.72. The van der Waals surface area contributed by atoms with Gasteiger partial charge in [0, 0.05) is 25.2 Å². The van der Waals surface area contributed by atoms with E-state index in [0.29, 0.717) is 0 Å². The summed E-state index contributed by atoms with van der Waals surface area (Å²) in [6.45, 7) is 2.88. The van der Waals surface area contributed by atoms with E-state index in [4.69, 9.17) is 0 Å². The molecule has 0 radical (unpaired) electrons. The third-order valence-electron chi connectivity index (χ3n) is 3.78. The van der Waals surface area contributed by atoms with Gasteiger partial charge in [-0.2, -0.15) is 4.31 Å². The molecule has 7 nitrogen and oxygen atoms in total. The molecule has 140 valence electrons. The third-order valence-corrected chi connectivity index (χ3v) is 5.60. The standard InChI is InChI=1S/C14H17F3N2O5S/c1-13(2)7-11(24-14(15,16)17)8-18(9-13)25(22,23)12-5-3-10(4-6-12)19(20)21/h3-6,11H,7-9H2,1-2H3. The Bertz CT molecular complexity index is 745. The fourth-order valence-electron chi connectivity index (χ4n) is 2.85. The lowest BCUT2D eigenvalue weighted by molar-refractivity contribution is -0.384. The topological polar surface area (TPSA) is 89.8 Å². The number of piperidine rings is 1. The number of hydrogen-bond acceptors (Lipinski definition) is 5. The minimum atomic E-state index is -4.86. The molecule has 1 heterocycles. The van der Waals surface area contributed by atoms with Crippen LogP contribution in [0.15, 0.2) is 29.2 Å². The van der Waals surface area contributed by atoms with E-state index in [1.54, 1.807) is 13.8 Å². The van der Waals surface area contributed by atoms with E-state index in [1.807, 2.05) is 0 Å². The number of rotatable bonds is 4. The lowest BCUT2D eigenvalue weighted by Crippen LogP contribution is -2.51. The highest BCUT2D eigenvalue weighted by molar-refractivity contribution is 7.89. The number of non-ortho nitro benzene ring substituents is 1. The molecule has 1 aliphatic heterocycles. The van der Waals surface area contributed by atoms with Crippen molar-refractivity contribution < 1.29 is 31.2 Å². The summed E-state index contributed by atoms with van der Waals surface area (Å²) in [6, 6.07) is 4.20. The summed E-state index contributed by atoms with van der Waals surface area (Å²) < 4.78 is 67.8. The van der Waals surface area contributed by atoms with E-state index in [2.05, 4.69) is 4.74 Å². The Morgan fingerprint density at radius 3 is 2.32 bits per heavy atom. The zero-order valence-electron chi connectivity index (χ0n) is 13.5. The van der Waals surface area contributed by atoms with E-state index in [0.717, 1.165) is 28.6 Å². The van der Waals surface area contributed by atoms with Crippen LogP contribution >= 0.6 is 0 Å². The minimum Gasteiger partial charge on any atom is -0.287 e. The lowest BCUT2D eigenvalue weighted by atomic mass is 9.84. The molecular weight excluding hydrogens is 365 g/mol. The van der Waals surface area contributed by atoms with E-state index in [1.165, 1.54) is 0 Å². The fourth-order valence-corrected chi connectivity index (χ4v) is 4.51. The predicted octanol–water partition coefficient (Wildman–Crippen LogP) is 2.92. The molecule has 1 unspecified atom stereocenters. The van der Waals surface area contributed by atoms with Crippen molar-refractivity contribution in [3.8, 4) is 0 Å². The van der Waals surface area contributed by atoms with Crippen molar-refractivity contribution in [3.05, 3.63) is 34.4 Å². The molecule has 0 N–H and O–H groups in total. The number of hydrogen-bond donors (Lipinski definition) is 0. The molecule has 0 aliphatic carbocycles. The fraction of sp³-hybridized carbons (Fsp3) is 0.571. The van der Waals surface area contributed by atoms with Gasteiger partial charge in [0.2, 0.25) is 10.0 Å². The maximum Gasteiger partial charge on any atom is 0.522 e. The molecule has 1 fully saturated rings. The van der Waals surface area contributed by atoms with E-state index < -0.39 is 39.4 Å². The summed E-state index contributed by atoms with van der Waals surface area (Å²) in [7, 11) is -4.10. The number of nitro groups is 1. The highest BCUT2D eigenvalue weighted by Gasteiger charge is 2.43. The maximum absolute atomic E-state index is 12.7. The summed E-state index contributed by atoms with van der Waals surface area (Å²) in [4.78, 5) is 9.75. The number of halogens is 3. The Balaban J connectivity index is 2.28. The molecule has 1 aliphatic rings. The van der Waals surface area contributed by atoms with Gasteiger partial charge in [-0.1, -0.05) is 13.8 Å². The summed E-state index contributed by atoms with van der Waals surface area (Å²) >= 11 is 0. The second kappa shape index (κ2) is 6.54. The first-order valence-corrected chi connectivity index (χ1v) is 8.73. The van der Waals surface area contributed by atoms with Gasteiger partial charge in [-0.05, 0) is 24.0 Å². The average Bonchev–Trinajstić information content (AvgIpc) is 2.43. The van der Waals surface area contributed by atoms with E-state index in [9.17, 15) is 31.7 Å². The number of nitro benzene ring substituents is 1. The molecule has 0 bridgehead atoms. The smallest absolute Gasteiger partial charge is 0.287 e. The van der Waals surface area contributed by atoms with Gasteiger partial charge in [-0.15, -0.1) is 13.2 Å². The zero-order valence-corrected chi connectivity index (χ0v) is 14.3. The van der Waals surface area contributed by atoms with Gasteiger partial charge < -0.3 is 0 Å². The van der Waals surface area contributed by atoms with Crippen molar-refractivity contribution >= 4 is 15.7 Å². The van der Waals surface area contributed by atoms with Crippen LogP contribution in [0.3, 0.4) is 0 Å². The molecule has 2 rings (SSSR count). The van der Waals surface area contributed by atoms with Gasteiger partial charge in [0.1, 0.15) is 0 Å². The number of sulfonamides is 1. The first-order valence-electron chi connectivity index (χ1n) is 7.29. The maximum atomic E-state index is 12.7. The molecule has 25 heavy (non-hydrogen) atoms. The Labute approximate surface area is 142 Å². The molecular formula is C14H17F3N2O5S. The molecule has 1 aromatic rings. The Kier molecular flexibility index (Phi) is 5.13. The van der Waals surface area contributed by atoms with Crippen LogP contribution in [0.1, 0.15) is 20.3 Å². The van der Waals surface area contributed by atoms with Gasteiger partial charge >= 0.3 is 6.36 Å². The quantitative estimate of drug-likeness (QED) is 0.590. The van der Waals surface area contributed by atoms with Crippen molar-refractivity contribution in [1.29, 1.82) is 0 Å². The number of benzene rings is 1. The largest absolute Gasteiger partial charge is 0.522 e. The van der Waals surface area contributed by atoms with Crippen LogP contribution in [0.25, 0.3) is 0 Å². The molecule has 1 saturated heterocycles. The summed E-state index contributed by atoms with van der Waals surface area (Å²) in [5.74, 6) is 0. The van der Waals surface area contributed by atoms with Crippen molar-refractivity contribution in [1.82, 2.24) is 4.31 Å². The molecule has 1 aromatic carbocycles. The first kappa shape index (κ1) is 19.6. The number of nitrogens with zero attached hydrogens (tertiary/aromatic N) is 2. The second-order valence-corrected chi connectivity index (χ2v) is 8.54. The van der Waals surface area contributed by atoms with Gasteiger partial charge in [0.25, 0.3) is 5.69 Å². The second-order valence-electron chi connectivity index (χ2n) is 6.60. The molecule has 0 amide bonds. The number of alkyl halides is 3. The molecule has 0 aromatic heterocycles. The van der Waals surface area contributed by atoms with Crippen molar-refractivity contribution in [3.63, 3.8) is 0 Å². The molecule has 1 atom stereocenters. The van der Waals surface area contributed by atoms with Crippen molar-refractivity contribution in [2.75, 3.05) is 13.1 Å². The highest BCUT2D eigenvalue weighted by Crippen LogP contribution is 2.35. The minimum absolute atomic E-state index is 0.0179. The van der Waals surface area contributed by atoms with Crippen LogP contribution in [0.4, 0.5) is 18.9 Å². The number of ether oxygens (including phenoxy) is 1. The van der Waals surface area contributed by atoms with E-state index >= 15 is 0 Å². The third kappa shape index (κ3) is 4.89. The van der Waals surface area contributed by atoms with Crippen LogP contribution in [0, 0.1) is 15.5 Å². The summed E-state index contributed by atoms with van der Waals surface area (Å²) in [6.07, 6.45) is -6.13. The highest BCUT2D eigenvalue weighted by atomic mass is 32.2. The molecule has 0 saturated carbocycles. The normalized spacial score (nSPS) is 21.9. The monoisotopic (exact) mass is 382 g/mol. The van der Waals surface area contributed by atoms with Crippen LogP contribution in [-0.2, 0) is 14.8 Å².